The van der Waals surface area contributed by atoms with Gasteiger partial charge in [-0.05, 0) is 48.6 Å². The van der Waals surface area contributed by atoms with Gasteiger partial charge in [-0.1, -0.05) is 6.07 Å². The van der Waals surface area contributed by atoms with E-state index in [1.165, 1.54) is 17.5 Å². The van der Waals surface area contributed by atoms with E-state index in [1.54, 1.807) is 17.0 Å². The van der Waals surface area contributed by atoms with Crippen LogP contribution in [0.2, 0.25) is 0 Å². The molecule has 2 aliphatic rings. The Labute approximate surface area is 127 Å². The number of fused-ring (bicyclic) bond motifs is 1. The third-order valence-electron chi connectivity index (χ3n) is 3.99. The van der Waals surface area contributed by atoms with Gasteiger partial charge in [-0.15, -0.1) is 0 Å². The van der Waals surface area contributed by atoms with E-state index in [1.807, 2.05) is 19.3 Å². The molecule has 1 aliphatic heterocycles. The summed E-state index contributed by atoms with van der Waals surface area (Å²) in [6.45, 7) is 0. The van der Waals surface area contributed by atoms with E-state index < -0.39 is 5.97 Å². The molecule has 0 radical (unpaired) electrons. The van der Waals surface area contributed by atoms with Crippen molar-refractivity contribution < 1.29 is 9.53 Å². The molecule has 1 aliphatic carbocycles. The molecule has 1 aromatic heterocycles. The third kappa shape index (κ3) is 2.24. The quantitative estimate of drug-likeness (QED) is 0.630. The molecular formula is C17H15N3O2. The Balaban J connectivity index is 1.67. The largest absolute Gasteiger partial charge is 0.402 e. The summed E-state index contributed by atoms with van der Waals surface area (Å²) in [7, 11) is 1.83. The first-order valence-electron chi connectivity index (χ1n) is 7.32. The minimum Gasteiger partial charge on any atom is -0.402 e. The van der Waals surface area contributed by atoms with Crippen LogP contribution in [0.4, 0.5) is 0 Å². The summed E-state index contributed by atoms with van der Waals surface area (Å²) in [4.78, 5) is 16.3. The smallest absolute Gasteiger partial charge is 0.363 e. The van der Waals surface area contributed by atoms with Crippen LogP contribution in [0.1, 0.15) is 28.7 Å². The SMILES string of the molecule is Cn1cc(/C=C2/N=C(c3ccc4c(c3)CCC4)OC2=O)cn1. The topological polar surface area (TPSA) is 56.5 Å². The van der Waals surface area contributed by atoms with Crippen molar-refractivity contribution >= 4 is 17.9 Å². The molecule has 0 fully saturated rings. The molecule has 0 N–H and O–H groups in total. The van der Waals surface area contributed by atoms with E-state index in [0.29, 0.717) is 11.6 Å². The predicted octanol–water partition coefficient (Wildman–Crippen LogP) is 2.25. The van der Waals surface area contributed by atoms with Gasteiger partial charge in [0.1, 0.15) is 0 Å². The summed E-state index contributed by atoms with van der Waals surface area (Å²) in [5.41, 5.74) is 4.72. The van der Waals surface area contributed by atoms with Crippen LogP contribution < -0.4 is 0 Å². The lowest BCUT2D eigenvalue weighted by Crippen LogP contribution is -2.05. The third-order valence-corrected chi connectivity index (χ3v) is 3.99. The van der Waals surface area contributed by atoms with Crippen LogP contribution in [-0.2, 0) is 29.4 Å². The maximum atomic E-state index is 12.0. The number of rotatable bonds is 2. The number of ether oxygens (including phenoxy) is 1. The van der Waals surface area contributed by atoms with Crippen molar-refractivity contribution in [2.75, 3.05) is 0 Å². The summed E-state index contributed by atoms with van der Waals surface area (Å²) in [6, 6.07) is 6.17. The summed E-state index contributed by atoms with van der Waals surface area (Å²) in [5, 5.41) is 4.07. The van der Waals surface area contributed by atoms with Crippen molar-refractivity contribution in [3.05, 3.63) is 58.5 Å². The van der Waals surface area contributed by atoms with Gasteiger partial charge in [0, 0.05) is 24.4 Å². The minimum absolute atomic E-state index is 0.309. The van der Waals surface area contributed by atoms with Crippen LogP contribution in [-0.4, -0.2) is 21.6 Å². The Morgan fingerprint density at radius 1 is 1.27 bits per heavy atom. The number of cyclic esters (lactones) is 1. The summed E-state index contributed by atoms with van der Waals surface area (Å²) in [5.74, 6) is -0.0332. The first kappa shape index (κ1) is 13.0. The Kier molecular flexibility index (Phi) is 2.92. The molecule has 0 bridgehead atoms. The second kappa shape index (κ2) is 4.94. The van der Waals surface area contributed by atoms with Crippen molar-refractivity contribution in [2.45, 2.75) is 19.3 Å². The number of aromatic nitrogens is 2. The van der Waals surface area contributed by atoms with Gasteiger partial charge in [0.25, 0.3) is 0 Å². The average molecular weight is 293 g/mol. The zero-order valence-electron chi connectivity index (χ0n) is 12.2. The highest BCUT2D eigenvalue weighted by molar-refractivity contribution is 6.12. The number of carbonyl (C=O) groups is 1. The standard InChI is InChI=1S/C17H15N3O2/c1-20-10-11(9-18-20)7-15-17(21)22-16(19-15)14-6-5-12-3-2-4-13(12)8-14/h5-10H,2-4H2,1H3/b15-7+. The molecule has 0 amide bonds. The van der Waals surface area contributed by atoms with E-state index in [2.05, 4.69) is 22.2 Å². The molecule has 0 spiro atoms. The van der Waals surface area contributed by atoms with Gasteiger partial charge in [-0.3, -0.25) is 4.68 Å². The number of hydrogen-bond donors (Lipinski definition) is 0. The van der Waals surface area contributed by atoms with Gasteiger partial charge in [-0.25, -0.2) is 9.79 Å². The van der Waals surface area contributed by atoms with Gasteiger partial charge < -0.3 is 4.74 Å². The van der Waals surface area contributed by atoms with Gasteiger partial charge in [0.2, 0.25) is 5.90 Å². The summed E-state index contributed by atoms with van der Waals surface area (Å²) >= 11 is 0. The molecule has 110 valence electrons. The predicted molar refractivity (Wildman–Crippen MR) is 82.3 cm³/mol. The molecule has 2 heterocycles. The molecular weight excluding hydrogens is 278 g/mol. The van der Waals surface area contributed by atoms with Crippen LogP contribution in [0, 0.1) is 0 Å². The highest BCUT2D eigenvalue weighted by Crippen LogP contribution is 2.25. The fraction of sp³-hybridized carbons (Fsp3) is 0.235. The van der Waals surface area contributed by atoms with Gasteiger partial charge in [0.15, 0.2) is 5.70 Å². The Morgan fingerprint density at radius 3 is 2.95 bits per heavy atom. The van der Waals surface area contributed by atoms with Crippen molar-refractivity contribution in [1.29, 1.82) is 0 Å². The molecule has 0 saturated heterocycles. The second-order valence-corrected chi connectivity index (χ2v) is 5.62. The normalized spacial score (nSPS) is 18.5. The highest BCUT2D eigenvalue weighted by Gasteiger charge is 2.25. The van der Waals surface area contributed by atoms with Crippen LogP contribution >= 0.6 is 0 Å². The number of aryl methyl sites for hydroxylation is 3. The number of nitrogens with zero attached hydrogens (tertiary/aromatic N) is 3. The lowest BCUT2D eigenvalue weighted by Gasteiger charge is -2.03. The molecule has 4 rings (SSSR count). The summed E-state index contributed by atoms with van der Waals surface area (Å²) in [6.07, 6.45) is 8.61. The van der Waals surface area contributed by atoms with Crippen molar-refractivity contribution in [3.8, 4) is 0 Å². The monoisotopic (exact) mass is 293 g/mol. The summed E-state index contributed by atoms with van der Waals surface area (Å²) < 4.78 is 6.99. The van der Waals surface area contributed by atoms with E-state index >= 15 is 0 Å². The maximum absolute atomic E-state index is 12.0. The number of hydrogen-bond acceptors (Lipinski definition) is 4. The van der Waals surface area contributed by atoms with Gasteiger partial charge in [0.05, 0.1) is 6.20 Å². The minimum atomic E-state index is -0.417. The van der Waals surface area contributed by atoms with Gasteiger partial charge in [-0.2, -0.15) is 5.10 Å². The molecule has 2 aromatic rings. The number of benzene rings is 1. The van der Waals surface area contributed by atoms with Crippen LogP contribution in [0.3, 0.4) is 0 Å². The molecule has 5 heteroatoms. The molecule has 0 atom stereocenters. The first-order valence-corrected chi connectivity index (χ1v) is 7.32. The van der Waals surface area contributed by atoms with Gasteiger partial charge >= 0.3 is 5.97 Å². The molecule has 5 nitrogen and oxygen atoms in total. The van der Waals surface area contributed by atoms with E-state index in [-0.39, 0.29) is 0 Å². The van der Waals surface area contributed by atoms with E-state index in [9.17, 15) is 4.79 Å². The van der Waals surface area contributed by atoms with Crippen molar-refractivity contribution in [3.63, 3.8) is 0 Å². The zero-order chi connectivity index (χ0) is 15.1. The van der Waals surface area contributed by atoms with Crippen LogP contribution in [0.15, 0.2) is 41.3 Å². The Morgan fingerprint density at radius 2 is 2.14 bits per heavy atom. The lowest BCUT2D eigenvalue weighted by molar-refractivity contribution is -0.129. The molecule has 1 aromatic carbocycles. The highest BCUT2D eigenvalue weighted by atomic mass is 16.6. The Bertz CT molecular complexity index is 830. The molecule has 0 unspecified atom stereocenters. The number of aliphatic imine (C=N–C) groups is 1. The van der Waals surface area contributed by atoms with Crippen molar-refractivity contribution in [1.82, 2.24) is 9.78 Å². The van der Waals surface area contributed by atoms with Crippen LogP contribution in [0.25, 0.3) is 6.08 Å². The average Bonchev–Trinajstić information content (AvgIpc) is 3.20. The fourth-order valence-corrected chi connectivity index (χ4v) is 2.91. The van der Waals surface area contributed by atoms with Crippen molar-refractivity contribution in [2.24, 2.45) is 12.0 Å². The molecule has 22 heavy (non-hydrogen) atoms. The van der Waals surface area contributed by atoms with Crippen LogP contribution in [0.5, 0.6) is 0 Å². The molecule has 0 saturated carbocycles. The number of carbonyl (C=O) groups excluding carboxylic acids is 1. The Hall–Kier alpha value is -2.69. The maximum Gasteiger partial charge on any atom is 0.363 e. The second-order valence-electron chi connectivity index (χ2n) is 5.62. The number of esters is 1. The first-order chi connectivity index (χ1) is 10.7. The lowest BCUT2D eigenvalue weighted by atomic mass is 10.1. The van der Waals surface area contributed by atoms with E-state index in [0.717, 1.165) is 24.0 Å². The fourth-order valence-electron chi connectivity index (χ4n) is 2.91. The van der Waals surface area contributed by atoms with E-state index in [4.69, 9.17) is 4.74 Å². The zero-order valence-corrected chi connectivity index (χ0v) is 12.2.